The van der Waals surface area contributed by atoms with Gasteiger partial charge in [-0.1, -0.05) is 32.4 Å². The van der Waals surface area contributed by atoms with Gasteiger partial charge in [-0.25, -0.2) is 0 Å². The minimum absolute atomic E-state index is 0.0327. The van der Waals surface area contributed by atoms with E-state index in [1.165, 1.54) is 0 Å². The molecule has 2 rings (SSSR count). The van der Waals surface area contributed by atoms with Crippen LogP contribution in [0.3, 0.4) is 0 Å². The van der Waals surface area contributed by atoms with Crippen LogP contribution in [0.15, 0.2) is 24.3 Å². The molecule has 4 heteroatoms. The molecule has 1 atom stereocenters. The molecular formula is C16H24N2O2. The molecule has 0 spiro atoms. The third kappa shape index (κ3) is 4.23. The van der Waals surface area contributed by atoms with Crippen LogP contribution in [0.2, 0.25) is 0 Å². The first-order valence-electron chi connectivity index (χ1n) is 7.43. The molecule has 4 nitrogen and oxygen atoms in total. The Morgan fingerprint density at radius 3 is 2.90 bits per heavy atom. The van der Waals surface area contributed by atoms with E-state index in [-0.39, 0.29) is 11.9 Å². The molecule has 0 aromatic heterocycles. The van der Waals surface area contributed by atoms with E-state index in [1.54, 1.807) is 0 Å². The van der Waals surface area contributed by atoms with E-state index < -0.39 is 0 Å². The Hall–Kier alpha value is -1.55. The second-order valence-electron chi connectivity index (χ2n) is 5.69. The highest BCUT2D eigenvalue weighted by Crippen LogP contribution is 2.24. The lowest BCUT2D eigenvalue weighted by molar-refractivity contribution is -0.118. The molecule has 110 valence electrons. The Kier molecular flexibility index (Phi) is 5.41. The fraction of sp³-hybridized carbons (Fsp3) is 0.562. The van der Waals surface area contributed by atoms with E-state index in [1.807, 2.05) is 24.3 Å². The quantitative estimate of drug-likeness (QED) is 0.869. The predicted octanol–water partition coefficient (Wildman–Crippen LogP) is 2.80. The number of hydrogen-bond donors (Lipinski definition) is 2. The van der Waals surface area contributed by atoms with Crippen molar-refractivity contribution in [3.05, 3.63) is 24.3 Å². The van der Waals surface area contributed by atoms with Gasteiger partial charge in [-0.3, -0.25) is 4.79 Å². The predicted molar refractivity (Wildman–Crippen MR) is 81.0 cm³/mol. The summed E-state index contributed by atoms with van der Waals surface area (Å²) in [6, 6.07) is 7.53. The Balaban J connectivity index is 1.98. The maximum Gasteiger partial charge on any atom is 0.241 e. The van der Waals surface area contributed by atoms with Gasteiger partial charge < -0.3 is 15.4 Å². The van der Waals surface area contributed by atoms with Crippen molar-refractivity contribution in [2.45, 2.75) is 39.2 Å². The smallest absolute Gasteiger partial charge is 0.241 e. The molecule has 1 aliphatic heterocycles. The van der Waals surface area contributed by atoms with E-state index in [0.29, 0.717) is 12.5 Å². The third-order valence-corrected chi connectivity index (χ3v) is 3.34. The maximum absolute atomic E-state index is 12.2. The number of piperidine rings is 1. The summed E-state index contributed by atoms with van der Waals surface area (Å²) in [5.74, 6) is 1.23. The number of para-hydroxylation sites is 2. The number of carbonyl (C=O) groups excluding carboxylic acids is 1. The molecule has 1 aromatic rings. The summed E-state index contributed by atoms with van der Waals surface area (Å²) in [6.45, 7) is 5.78. The highest BCUT2D eigenvalue weighted by atomic mass is 16.5. The Morgan fingerprint density at radius 2 is 2.20 bits per heavy atom. The zero-order valence-corrected chi connectivity index (χ0v) is 12.3. The number of nitrogens with one attached hydrogen (secondary N) is 2. The minimum Gasteiger partial charge on any atom is -0.491 e. The molecule has 1 amide bonds. The van der Waals surface area contributed by atoms with E-state index in [0.717, 1.165) is 37.2 Å². The lowest BCUT2D eigenvalue weighted by Crippen LogP contribution is -2.43. The first-order valence-corrected chi connectivity index (χ1v) is 7.43. The monoisotopic (exact) mass is 276 g/mol. The summed E-state index contributed by atoms with van der Waals surface area (Å²) in [6.07, 6.45) is 3.16. The zero-order valence-electron chi connectivity index (χ0n) is 12.3. The molecule has 0 unspecified atom stereocenters. The lowest BCUT2D eigenvalue weighted by atomic mass is 10.0. The SMILES string of the molecule is CC(C)COc1ccccc1NC(=O)[C@@H]1CCCCN1. The van der Waals surface area contributed by atoms with Gasteiger partial charge in [0.05, 0.1) is 18.3 Å². The number of carbonyl (C=O) groups is 1. The molecule has 1 aliphatic rings. The molecule has 0 radical (unpaired) electrons. The molecule has 0 bridgehead atoms. The average molecular weight is 276 g/mol. The molecule has 1 aromatic carbocycles. The molecule has 0 aliphatic carbocycles. The minimum atomic E-state index is -0.0816. The maximum atomic E-state index is 12.2. The largest absolute Gasteiger partial charge is 0.491 e. The van der Waals surface area contributed by atoms with Gasteiger partial charge in [-0.05, 0) is 37.4 Å². The van der Waals surface area contributed by atoms with Gasteiger partial charge in [0, 0.05) is 0 Å². The topological polar surface area (TPSA) is 50.4 Å². The van der Waals surface area contributed by atoms with Gasteiger partial charge in [0.25, 0.3) is 0 Å². The number of amides is 1. The van der Waals surface area contributed by atoms with E-state index in [4.69, 9.17) is 4.74 Å². The molecule has 2 N–H and O–H groups in total. The summed E-state index contributed by atoms with van der Waals surface area (Å²) in [5.41, 5.74) is 0.755. The van der Waals surface area contributed by atoms with Crippen LogP contribution in [0, 0.1) is 5.92 Å². The average Bonchev–Trinajstić information content (AvgIpc) is 2.47. The van der Waals surface area contributed by atoms with Crippen molar-refractivity contribution in [2.24, 2.45) is 5.92 Å². The Labute approximate surface area is 120 Å². The third-order valence-electron chi connectivity index (χ3n) is 3.34. The van der Waals surface area contributed by atoms with Crippen molar-refractivity contribution >= 4 is 11.6 Å². The molecule has 1 fully saturated rings. The molecule has 20 heavy (non-hydrogen) atoms. The van der Waals surface area contributed by atoms with Crippen LogP contribution in [0.5, 0.6) is 5.75 Å². The summed E-state index contributed by atoms with van der Waals surface area (Å²) in [4.78, 5) is 12.2. The number of ether oxygens (including phenoxy) is 1. The van der Waals surface area contributed by atoms with Crippen LogP contribution < -0.4 is 15.4 Å². The van der Waals surface area contributed by atoms with Crippen LogP contribution in [0.4, 0.5) is 5.69 Å². The summed E-state index contributed by atoms with van der Waals surface area (Å²) in [5, 5.41) is 6.23. The Bertz CT molecular complexity index is 440. The van der Waals surface area contributed by atoms with Crippen LogP contribution in [-0.4, -0.2) is 25.1 Å². The number of benzene rings is 1. The first-order chi connectivity index (χ1) is 9.66. The van der Waals surface area contributed by atoms with Crippen molar-refractivity contribution in [1.82, 2.24) is 5.32 Å². The molecule has 1 heterocycles. The lowest BCUT2D eigenvalue weighted by Gasteiger charge is -2.23. The fourth-order valence-electron chi connectivity index (χ4n) is 2.25. The standard InChI is InChI=1S/C16H24N2O2/c1-12(2)11-20-15-9-4-3-7-13(15)18-16(19)14-8-5-6-10-17-14/h3-4,7,9,12,14,17H,5-6,8,10-11H2,1-2H3,(H,18,19)/t14-/m0/s1. The van der Waals surface area contributed by atoms with Crippen molar-refractivity contribution in [1.29, 1.82) is 0 Å². The van der Waals surface area contributed by atoms with Crippen molar-refractivity contribution in [3.63, 3.8) is 0 Å². The molecule has 0 saturated carbocycles. The van der Waals surface area contributed by atoms with Gasteiger partial charge >= 0.3 is 0 Å². The van der Waals surface area contributed by atoms with Crippen molar-refractivity contribution in [2.75, 3.05) is 18.5 Å². The van der Waals surface area contributed by atoms with Gasteiger partial charge in [0.1, 0.15) is 5.75 Å². The van der Waals surface area contributed by atoms with Gasteiger partial charge in [0.2, 0.25) is 5.91 Å². The zero-order chi connectivity index (χ0) is 14.4. The van der Waals surface area contributed by atoms with E-state index in [9.17, 15) is 4.79 Å². The Morgan fingerprint density at radius 1 is 1.40 bits per heavy atom. The molecular weight excluding hydrogens is 252 g/mol. The summed E-state index contributed by atoms with van der Waals surface area (Å²) < 4.78 is 5.75. The fourth-order valence-corrected chi connectivity index (χ4v) is 2.25. The van der Waals surface area contributed by atoms with Crippen LogP contribution in [0.25, 0.3) is 0 Å². The second-order valence-corrected chi connectivity index (χ2v) is 5.69. The molecule has 1 saturated heterocycles. The van der Waals surface area contributed by atoms with E-state index >= 15 is 0 Å². The number of rotatable bonds is 5. The van der Waals surface area contributed by atoms with Crippen LogP contribution in [-0.2, 0) is 4.79 Å². The van der Waals surface area contributed by atoms with Gasteiger partial charge in [0.15, 0.2) is 0 Å². The summed E-state index contributed by atoms with van der Waals surface area (Å²) >= 11 is 0. The van der Waals surface area contributed by atoms with Crippen LogP contribution in [0.1, 0.15) is 33.1 Å². The summed E-state index contributed by atoms with van der Waals surface area (Å²) in [7, 11) is 0. The van der Waals surface area contributed by atoms with Gasteiger partial charge in [-0.2, -0.15) is 0 Å². The van der Waals surface area contributed by atoms with Crippen LogP contribution >= 0.6 is 0 Å². The van der Waals surface area contributed by atoms with Crippen molar-refractivity contribution in [3.8, 4) is 5.75 Å². The normalized spacial score (nSPS) is 18.9. The highest BCUT2D eigenvalue weighted by Gasteiger charge is 2.21. The highest BCUT2D eigenvalue weighted by molar-refractivity contribution is 5.96. The van der Waals surface area contributed by atoms with Gasteiger partial charge in [-0.15, -0.1) is 0 Å². The first kappa shape index (κ1) is 14.9. The van der Waals surface area contributed by atoms with E-state index in [2.05, 4.69) is 24.5 Å². The van der Waals surface area contributed by atoms with Crippen molar-refractivity contribution < 1.29 is 9.53 Å². The number of anilines is 1. The second kappa shape index (κ2) is 7.29. The number of hydrogen-bond acceptors (Lipinski definition) is 3.